The number of carbonyl (C=O) groups excluding carboxylic acids is 1. The molecule has 2 heterocycles. The maximum absolute atomic E-state index is 12.5. The second kappa shape index (κ2) is 6.04. The summed E-state index contributed by atoms with van der Waals surface area (Å²) in [5.74, 6) is 0.895. The third-order valence-electron chi connectivity index (χ3n) is 3.51. The van der Waals surface area contributed by atoms with Crippen molar-refractivity contribution in [3.05, 3.63) is 23.9 Å². The van der Waals surface area contributed by atoms with Crippen LogP contribution in [-0.2, 0) is 0 Å². The largest absolute Gasteiger partial charge is 0.368 e. The summed E-state index contributed by atoms with van der Waals surface area (Å²) in [5.41, 5.74) is 0.729. The molecule has 19 heavy (non-hydrogen) atoms. The van der Waals surface area contributed by atoms with Crippen molar-refractivity contribution in [3.8, 4) is 0 Å². The van der Waals surface area contributed by atoms with E-state index in [4.69, 9.17) is 0 Å². The molecule has 0 spiro atoms. The van der Waals surface area contributed by atoms with Gasteiger partial charge in [-0.25, -0.2) is 4.98 Å². The molecule has 1 aliphatic rings. The zero-order chi connectivity index (χ0) is 13.8. The molecule has 0 aromatic carbocycles. The average molecular weight is 261 g/mol. The van der Waals surface area contributed by atoms with Gasteiger partial charge in [-0.3, -0.25) is 4.79 Å². The highest BCUT2D eigenvalue weighted by atomic mass is 16.2. The molecule has 1 fully saturated rings. The van der Waals surface area contributed by atoms with E-state index in [9.17, 15) is 4.79 Å². The van der Waals surface area contributed by atoms with Gasteiger partial charge < -0.3 is 10.2 Å². The Balaban J connectivity index is 2.14. The van der Waals surface area contributed by atoms with Crippen LogP contribution in [0.25, 0.3) is 0 Å². The van der Waals surface area contributed by atoms with E-state index in [2.05, 4.69) is 31.1 Å². The lowest BCUT2D eigenvalue weighted by Crippen LogP contribution is -2.42. The predicted octanol–water partition coefficient (Wildman–Crippen LogP) is 2.92. The van der Waals surface area contributed by atoms with Crippen LogP contribution in [-0.4, -0.2) is 34.4 Å². The summed E-state index contributed by atoms with van der Waals surface area (Å²) in [7, 11) is 0. The minimum Gasteiger partial charge on any atom is -0.368 e. The highest BCUT2D eigenvalue weighted by Gasteiger charge is 2.24. The minimum atomic E-state index is 0.126. The molecule has 0 radical (unpaired) electrons. The van der Waals surface area contributed by atoms with Crippen LogP contribution in [0.5, 0.6) is 0 Å². The number of likely N-dealkylation sites (tertiary alicyclic amines) is 1. The van der Waals surface area contributed by atoms with Crippen molar-refractivity contribution in [1.29, 1.82) is 0 Å². The lowest BCUT2D eigenvalue weighted by molar-refractivity contribution is 0.0635. The zero-order valence-electron chi connectivity index (χ0n) is 12.0. The number of nitrogens with one attached hydrogen (secondary N) is 1. The van der Waals surface area contributed by atoms with Crippen molar-refractivity contribution in [3.63, 3.8) is 0 Å². The summed E-state index contributed by atoms with van der Waals surface area (Å²) in [5, 5.41) is 3.23. The molecule has 1 aromatic rings. The molecule has 1 amide bonds. The maximum atomic E-state index is 12.5. The maximum Gasteiger partial charge on any atom is 0.254 e. The van der Waals surface area contributed by atoms with Gasteiger partial charge in [0.25, 0.3) is 5.91 Å². The van der Waals surface area contributed by atoms with E-state index < -0.39 is 0 Å². The van der Waals surface area contributed by atoms with E-state index in [1.807, 2.05) is 11.0 Å². The Morgan fingerprint density at radius 3 is 2.95 bits per heavy atom. The van der Waals surface area contributed by atoms with Gasteiger partial charge in [0.15, 0.2) is 0 Å². The van der Waals surface area contributed by atoms with Gasteiger partial charge in [0, 0.05) is 30.4 Å². The Morgan fingerprint density at radius 1 is 1.47 bits per heavy atom. The fraction of sp³-hybridized carbons (Fsp3) is 0.600. The molecular weight excluding hydrogens is 238 g/mol. The Morgan fingerprint density at radius 2 is 2.26 bits per heavy atom. The highest BCUT2D eigenvalue weighted by Crippen LogP contribution is 2.20. The first-order chi connectivity index (χ1) is 9.08. The number of hydrogen-bond acceptors (Lipinski definition) is 3. The van der Waals surface area contributed by atoms with E-state index in [1.165, 1.54) is 6.42 Å². The van der Waals surface area contributed by atoms with Gasteiger partial charge in [0.1, 0.15) is 5.82 Å². The van der Waals surface area contributed by atoms with Gasteiger partial charge in [-0.05, 0) is 52.2 Å². The zero-order valence-corrected chi connectivity index (χ0v) is 12.0. The highest BCUT2D eigenvalue weighted by molar-refractivity contribution is 5.95. The van der Waals surface area contributed by atoms with Crippen molar-refractivity contribution < 1.29 is 4.79 Å². The third kappa shape index (κ3) is 3.46. The first-order valence-corrected chi connectivity index (χ1v) is 7.11. The number of rotatable bonds is 3. The fourth-order valence-electron chi connectivity index (χ4n) is 2.50. The average Bonchev–Trinajstić information content (AvgIpc) is 2.38. The van der Waals surface area contributed by atoms with Crippen LogP contribution in [0.2, 0.25) is 0 Å². The van der Waals surface area contributed by atoms with Crippen molar-refractivity contribution in [2.24, 2.45) is 0 Å². The van der Waals surface area contributed by atoms with E-state index in [0.29, 0.717) is 12.1 Å². The molecule has 0 saturated carbocycles. The normalized spacial score (nSPS) is 19.6. The number of hydrogen-bond donors (Lipinski definition) is 1. The molecule has 104 valence electrons. The van der Waals surface area contributed by atoms with Gasteiger partial charge >= 0.3 is 0 Å². The molecule has 1 N–H and O–H groups in total. The Kier molecular flexibility index (Phi) is 4.40. The standard InChI is InChI=1S/C15H23N3O/c1-11(2)17-14-10-13(7-8-16-14)15(19)18-9-5-4-6-12(18)3/h7-8,10-12H,4-6,9H2,1-3H3,(H,16,17). The lowest BCUT2D eigenvalue weighted by Gasteiger charge is -2.33. The number of anilines is 1. The Bertz CT molecular complexity index is 445. The molecule has 1 saturated heterocycles. The van der Waals surface area contributed by atoms with Crippen LogP contribution in [0.1, 0.15) is 50.4 Å². The SMILES string of the molecule is CC(C)Nc1cc(C(=O)N2CCCCC2C)ccn1. The molecule has 2 rings (SSSR count). The Labute approximate surface area is 115 Å². The monoisotopic (exact) mass is 261 g/mol. The van der Waals surface area contributed by atoms with Crippen molar-refractivity contribution in [2.45, 2.75) is 52.1 Å². The molecule has 4 nitrogen and oxygen atoms in total. The number of nitrogens with zero attached hydrogens (tertiary/aromatic N) is 2. The third-order valence-corrected chi connectivity index (χ3v) is 3.51. The summed E-state index contributed by atoms with van der Waals surface area (Å²) in [6.07, 6.45) is 5.14. The van der Waals surface area contributed by atoms with Gasteiger partial charge in [-0.15, -0.1) is 0 Å². The molecular formula is C15H23N3O. The summed E-state index contributed by atoms with van der Waals surface area (Å²) >= 11 is 0. The smallest absolute Gasteiger partial charge is 0.254 e. The van der Waals surface area contributed by atoms with Crippen molar-refractivity contribution in [1.82, 2.24) is 9.88 Å². The molecule has 1 aromatic heterocycles. The minimum absolute atomic E-state index is 0.126. The molecule has 1 atom stereocenters. The van der Waals surface area contributed by atoms with Crippen LogP contribution in [0.3, 0.4) is 0 Å². The number of amides is 1. The molecule has 0 bridgehead atoms. The fourth-order valence-corrected chi connectivity index (χ4v) is 2.50. The summed E-state index contributed by atoms with van der Waals surface area (Å²) < 4.78 is 0. The summed E-state index contributed by atoms with van der Waals surface area (Å²) in [6, 6.07) is 4.31. The second-order valence-electron chi connectivity index (χ2n) is 5.57. The summed E-state index contributed by atoms with van der Waals surface area (Å²) in [6.45, 7) is 7.12. The topological polar surface area (TPSA) is 45.2 Å². The molecule has 1 unspecified atom stereocenters. The quantitative estimate of drug-likeness (QED) is 0.910. The van der Waals surface area contributed by atoms with E-state index in [-0.39, 0.29) is 5.91 Å². The van der Waals surface area contributed by atoms with Crippen LogP contribution < -0.4 is 5.32 Å². The van der Waals surface area contributed by atoms with Gasteiger partial charge in [0.2, 0.25) is 0 Å². The summed E-state index contributed by atoms with van der Waals surface area (Å²) in [4.78, 5) is 18.7. The Hall–Kier alpha value is -1.58. The van der Waals surface area contributed by atoms with Gasteiger partial charge in [0.05, 0.1) is 0 Å². The number of piperidine rings is 1. The lowest BCUT2D eigenvalue weighted by atomic mass is 10.0. The van der Waals surface area contributed by atoms with Gasteiger partial charge in [-0.2, -0.15) is 0 Å². The molecule has 1 aliphatic heterocycles. The van der Waals surface area contributed by atoms with Crippen molar-refractivity contribution in [2.75, 3.05) is 11.9 Å². The van der Waals surface area contributed by atoms with E-state index in [0.717, 1.165) is 30.8 Å². The first-order valence-electron chi connectivity index (χ1n) is 7.11. The van der Waals surface area contributed by atoms with E-state index >= 15 is 0 Å². The number of aromatic nitrogens is 1. The molecule has 4 heteroatoms. The second-order valence-corrected chi connectivity index (χ2v) is 5.57. The predicted molar refractivity (Wildman–Crippen MR) is 77.3 cm³/mol. The van der Waals surface area contributed by atoms with Crippen molar-refractivity contribution >= 4 is 11.7 Å². The van der Waals surface area contributed by atoms with Crippen LogP contribution in [0.15, 0.2) is 18.3 Å². The van der Waals surface area contributed by atoms with Crippen LogP contribution >= 0.6 is 0 Å². The number of carbonyl (C=O) groups is 1. The van der Waals surface area contributed by atoms with E-state index in [1.54, 1.807) is 12.3 Å². The van der Waals surface area contributed by atoms with Gasteiger partial charge in [-0.1, -0.05) is 0 Å². The van der Waals surface area contributed by atoms with Crippen LogP contribution in [0, 0.1) is 0 Å². The van der Waals surface area contributed by atoms with Crippen LogP contribution in [0.4, 0.5) is 5.82 Å². The molecule has 0 aliphatic carbocycles. The number of pyridine rings is 1. The first kappa shape index (κ1) is 13.8.